The quantitative estimate of drug-likeness (QED) is 0.493. The largest absolute Gasteiger partial charge is 0.493 e. The van der Waals surface area contributed by atoms with E-state index < -0.39 is 0 Å². The van der Waals surface area contributed by atoms with E-state index in [-0.39, 0.29) is 5.91 Å². The summed E-state index contributed by atoms with van der Waals surface area (Å²) in [4.78, 5) is 21.8. The predicted octanol–water partition coefficient (Wildman–Crippen LogP) is 4.40. The van der Waals surface area contributed by atoms with Crippen LogP contribution < -0.4 is 9.47 Å². The molecular formula is C25H27ClN4O4. The minimum absolute atomic E-state index is 0.0332. The Bertz CT molecular complexity index is 1170. The number of rotatable bonds is 7. The second-order valence-electron chi connectivity index (χ2n) is 7.89. The number of amides is 1. The van der Waals surface area contributed by atoms with Gasteiger partial charge in [-0.05, 0) is 43.3 Å². The molecule has 0 radical (unpaired) electrons. The highest BCUT2D eigenvalue weighted by molar-refractivity contribution is 6.30. The fourth-order valence-electron chi connectivity index (χ4n) is 3.94. The number of piperazine rings is 1. The van der Waals surface area contributed by atoms with Crippen LogP contribution in [0.3, 0.4) is 0 Å². The minimum atomic E-state index is -0.0332. The third-order valence-electron chi connectivity index (χ3n) is 5.69. The van der Waals surface area contributed by atoms with Gasteiger partial charge in [-0.15, -0.1) is 0 Å². The molecule has 3 aromatic rings. The summed E-state index contributed by atoms with van der Waals surface area (Å²) >= 11 is 5.94. The van der Waals surface area contributed by atoms with Gasteiger partial charge in [-0.25, -0.2) is 0 Å². The number of methoxy groups -OCH3 is 2. The first-order valence-corrected chi connectivity index (χ1v) is 11.4. The number of aromatic nitrogens is 2. The molecule has 178 valence electrons. The minimum Gasteiger partial charge on any atom is -0.493 e. The van der Waals surface area contributed by atoms with E-state index in [0.29, 0.717) is 66.5 Å². The highest BCUT2D eigenvalue weighted by Crippen LogP contribution is 2.34. The maximum absolute atomic E-state index is 13.2. The molecule has 1 aliphatic rings. The van der Waals surface area contributed by atoms with Crippen molar-refractivity contribution in [3.05, 3.63) is 64.5 Å². The smallest absolute Gasteiger partial charge is 0.254 e. The summed E-state index contributed by atoms with van der Waals surface area (Å²) in [6.07, 6.45) is 3.80. The molecule has 0 bridgehead atoms. The lowest BCUT2D eigenvalue weighted by Gasteiger charge is -2.34. The Morgan fingerprint density at radius 2 is 1.85 bits per heavy atom. The molecule has 34 heavy (non-hydrogen) atoms. The summed E-state index contributed by atoms with van der Waals surface area (Å²) in [5.41, 5.74) is 2.23. The zero-order valence-corrected chi connectivity index (χ0v) is 20.2. The van der Waals surface area contributed by atoms with Gasteiger partial charge in [0.2, 0.25) is 11.7 Å². The van der Waals surface area contributed by atoms with Gasteiger partial charge in [0.25, 0.3) is 5.91 Å². The van der Waals surface area contributed by atoms with Crippen LogP contribution in [0.25, 0.3) is 17.5 Å². The molecule has 2 heterocycles. The number of hydrogen-bond donors (Lipinski definition) is 0. The number of benzene rings is 2. The molecule has 0 aliphatic carbocycles. The Hall–Kier alpha value is -3.36. The normalized spacial score (nSPS) is 14.5. The number of carbonyl (C=O) groups is 1. The maximum Gasteiger partial charge on any atom is 0.254 e. The first kappa shape index (κ1) is 23.8. The van der Waals surface area contributed by atoms with Gasteiger partial charge >= 0.3 is 0 Å². The molecule has 1 saturated heterocycles. The van der Waals surface area contributed by atoms with E-state index >= 15 is 0 Å². The fraction of sp³-hybridized carbons (Fsp3) is 0.320. The molecule has 1 aromatic heterocycles. The molecular weight excluding hydrogens is 456 g/mol. The van der Waals surface area contributed by atoms with E-state index in [1.807, 2.05) is 42.2 Å². The van der Waals surface area contributed by atoms with E-state index in [4.69, 9.17) is 25.6 Å². The lowest BCUT2D eigenvalue weighted by atomic mass is 10.1. The standard InChI is InChI=1S/C25H27ClN4O4/c1-4-5-18-14-19(15-21(32-2)23(18)33-3)25(31)30-12-10-29(11-13-30)16-22-27-24(28-34-22)17-6-8-20(26)9-7-17/h4-9,14-15H,10-13,16H2,1-3H3/b5-4+. The lowest BCUT2D eigenvalue weighted by molar-refractivity contribution is 0.0614. The van der Waals surface area contributed by atoms with Crippen molar-refractivity contribution in [1.82, 2.24) is 19.9 Å². The molecule has 1 fully saturated rings. The van der Waals surface area contributed by atoms with Gasteiger partial charge in [-0.3, -0.25) is 9.69 Å². The van der Waals surface area contributed by atoms with Crippen LogP contribution >= 0.6 is 11.6 Å². The first-order valence-electron chi connectivity index (χ1n) is 11.0. The van der Waals surface area contributed by atoms with Crippen molar-refractivity contribution in [2.45, 2.75) is 13.5 Å². The molecule has 1 aliphatic heterocycles. The summed E-state index contributed by atoms with van der Waals surface area (Å²) < 4.78 is 16.4. The molecule has 1 amide bonds. The number of allylic oxidation sites excluding steroid dienone is 1. The second-order valence-corrected chi connectivity index (χ2v) is 8.32. The molecule has 9 heteroatoms. The first-order chi connectivity index (χ1) is 16.5. The third kappa shape index (κ3) is 5.24. The molecule has 4 rings (SSSR count). The van der Waals surface area contributed by atoms with Crippen molar-refractivity contribution in [3.63, 3.8) is 0 Å². The van der Waals surface area contributed by atoms with Crippen LogP contribution in [0.5, 0.6) is 11.5 Å². The topological polar surface area (TPSA) is 80.9 Å². The van der Waals surface area contributed by atoms with Gasteiger partial charge < -0.3 is 18.9 Å². The zero-order valence-electron chi connectivity index (χ0n) is 19.5. The Morgan fingerprint density at radius 3 is 2.50 bits per heavy atom. The van der Waals surface area contributed by atoms with Gasteiger partial charge in [0.1, 0.15) is 0 Å². The highest BCUT2D eigenvalue weighted by Gasteiger charge is 2.25. The van der Waals surface area contributed by atoms with Crippen LogP contribution in [0, 0.1) is 0 Å². The van der Waals surface area contributed by atoms with E-state index in [0.717, 1.165) is 11.1 Å². The summed E-state index contributed by atoms with van der Waals surface area (Å²) in [6, 6.07) is 10.9. The Morgan fingerprint density at radius 1 is 1.12 bits per heavy atom. The van der Waals surface area contributed by atoms with Crippen LogP contribution in [-0.2, 0) is 6.54 Å². The fourth-order valence-corrected chi connectivity index (χ4v) is 4.06. The van der Waals surface area contributed by atoms with Gasteiger partial charge in [0.05, 0.1) is 20.8 Å². The number of nitrogens with zero attached hydrogens (tertiary/aromatic N) is 4. The van der Waals surface area contributed by atoms with Gasteiger partial charge in [0.15, 0.2) is 11.5 Å². The van der Waals surface area contributed by atoms with E-state index in [1.165, 1.54) is 0 Å². The van der Waals surface area contributed by atoms with Crippen LogP contribution in [0.2, 0.25) is 5.02 Å². The number of carbonyl (C=O) groups excluding carboxylic acids is 1. The third-order valence-corrected chi connectivity index (χ3v) is 5.94. The van der Waals surface area contributed by atoms with Gasteiger partial charge in [-0.1, -0.05) is 28.9 Å². The van der Waals surface area contributed by atoms with Crippen molar-refractivity contribution in [1.29, 1.82) is 0 Å². The van der Waals surface area contributed by atoms with E-state index in [9.17, 15) is 4.79 Å². The van der Waals surface area contributed by atoms with Crippen molar-refractivity contribution in [2.75, 3.05) is 40.4 Å². The van der Waals surface area contributed by atoms with Crippen molar-refractivity contribution < 1.29 is 18.8 Å². The molecule has 0 saturated carbocycles. The summed E-state index contributed by atoms with van der Waals surface area (Å²) in [5.74, 6) is 2.19. The monoisotopic (exact) mass is 482 g/mol. The molecule has 8 nitrogen and oxygen atoms in total. The Kier molecular flexibility index (Phi) is 7.49. The average molecular weight is 483 g/mol. The van der Waals surface area contributed by atoms with E-state index in [1.54, 1.807) is 32.4 Å². The van der Waals surface area contributed by atoms with Crippen LogP contribution in [0.4, 0.5) is 0 Å². The summed E-state index contributed by atoms with van der Waals surface area (Å²) in [7, 11) is 3.16. The molecule has 0 atom stereocenters. The maximum atomic E-state index is 13.2. The molecule has 0 unspecified atom stereocenters. The van der Waals surface area contributed by atoms with Crippen molar-refractivity contribution in [3.8, 4) is 22.9 Å². The Labute approximate surface area is 203 Å². The second kappa shape index (κ2) is 10.7. The van der Waals surface area contributed by atoms with Crippen LogP contribution in [0.15, 0.2) is 47.0 Å². The van der Waals surface area contributed by atoms with Crippen LogP contribution in [-0.4, -0.2) is 66.2 Å². The van der Waals surface area contributed by atoms with Gasteiger partial charge in [0, 0.05) is 47.9 Å². The summed E-state index contributed by atoms with van der Waals surface area (Å²) in [5, 5.41) is 4.73. The molecule has 0 spiro atoms. The number of hydrogen-bond acceptors (Lipinski definition) is 7. The number of halogens is 1. The van der Waals surface area contributed by atoms with Crippen LogP contribution in [0.1, 0.15) is 28.7 Å². The van der Waals surface area contributed by atoms with E-state index in [2.05, 4.69) is 15.0 Å². The predicted molar refractivity (Wildman–Crippen MR) is 130 cm³/mol. The highest BCUT2D eigenvalue weighted by atomic mass is 35.5. The Balaban J connectivity index is 1.39. The average Bonchev–Trinajstić information content (AvgIpc) is 3.32. The molecule has 0 N–H and O–H groups in total. The van der Waals surface area contributed by atoms with Crippen molar-refractivity contribution >= 4 is 23.6 Å². The summed E-state index contributed by atoms with van der Waals surface area (Å²) in [6.45, 7) is 5.07. The number of ether oxygens (including phenoxy) is 2. The molecule has 2 aromatic carbocycles. The lowest BCUT2D eigenvalue weighted by Crippen LogP contribution is -2.48. The zero-order chi connectivity index (χ0) is 24.1. The van der Waals surface area contributed by atoms with Gasteiger partial charge in [-0.2, -0.15) is 4.98 Å². The SMILES string of the molecule is C/C=C/c1cc(C(=O)N2CCN(Cc3nc(-c4ccc(Cl)cc4)no3)CC2)cc(OC)c1OC. The van der Waals surface area contributed by atoms with Crippen molar-refractivity contribution in [2.24, 2.45) is 0 Å².